The largest absolute Gasteiger partial charge is 0.444 e. The van der Waals surface area contributed by atoms with Crippen molar-refractivity contribution in [3.05, 3.63) is 0 Å². The minimum Gasteiger partial charge on any atom is -0.444 e. The first kappa shape index (κ1) is 18.0. The highest BCUT2D eigenvalue weighted by atomic mass is 16.6. The van der Waals surface area contributed by atoms with Crippen LogP contribution in [-0.4, -0.2) is 65.7 Å². The molecule has 0 aromatic carbocycles. The number of carbonyl (C=O) groups excluding carboxylic acids is 2. The second kappa shape index (κ2) is 6.30. The van der Waals surface area contributed by atoms with Gasteiger partial charge >= 0.3 is 6.09 Å². The lowest BCUT2D eigenvalue weighted by Gasteiger charge is -2.40. The molecule has 1 N–H and O–H groups in total. The van der Waals surface area contributed by atoms with Gasteiger partial charge in [-0.15, -0.1) is 0 Å². The number of ether oxygens (including phenoxy) is 1. The number of piperazine rings is 1. The number of hydrogen-bond acceptors (Lipinski definition) is 4. The van der Waals surface area contributed by atoms with Crippen molar-refractivity contribution in [3.8, 4) is 0 Å². The molecule has 0 aromatic rings. The van der Waals surface area contributed by atoms with Gasteiger partial charge in [-0.05, 0) is 33.1 Å². The van der Waals surface area contributed by atoms with Gasteiger partial charge in [-0.3, -0.25) is 4.79 Å². The molecule has 2 rings (SSSR count). The van der Waals surface area contributed by atoms with Crippen LogP contribution in [0.4, 0.5) is 4.79 Å². The van der Waals surface area contributed by atoms with Gasteiger partial charge in [0.1, 0.15) is 5.60 Å². The van der Waals surface area contributed by atoms with Crippen LogP contribution >= 0.6 is 0 Å². The Bertz CT molecular complexity index is 470. The minimum atomic E-state index is -0.494. The second-order valence-corrected chi connectivity index (χ2v) is 8.70. The van der Waals surface area contributed by atoms with Crippen molar-refractivity contribution in [1.82, 2.24) is 15.1 Å². The Labute approximate surface area is 139 Å². The third-order valence-electron chi connectivity index (χ3n) is 4.32. The second-order valence-electron chi connectivity index (χ2n) is 8.70. The van der Waals surface area contributed by atoms with Crippen LogP contribution in [0, 0.1) is 5.41 Å². The molecule has 132 valence electrons. The van der Waals surface area contributed by atoms with Crippen LogP contribution in [0.2, 0.25) is 0 Å². The SMILES string of the molecule is C[C@@H]1CN[C@@H](CN2CC(C)(C)CC2=O)CN1C(=O)OC(C)(C)C. The van der Waals surface area contributed by atoms with Gasteiger partial charge in [-0.2, -0.15) is 0 Å². The van der Waals surface area contributed by atoms with E-state index in [1.165, 1.54) is 0 Å². The van der Waals surface area contributed by atoms with E-state index in [9.17, 15) is 9.59 Å². The normalized spacial score (nSPS) is 28.2. The van der Waals surface area contributed by atoms with E-state index < -0.39 is 5.60 Å². The summed E-state index contributed by atoms with van der Waals surface area (Å²) in [5.41, 5.74) is -0.448. The minimum absolute atomic E-state index is 0.0455. The summed E-state index contributed by atoms with van der Waals surface area (Å²) in [6.45, 7) is 14.6. The molecule has 6 heteroatoms. The topological polar surface area (TPSA) is 61.9 Å². The summed E-state index contributed by atoms with van der Waals surface area (Å²) in [5, 5.41) is 3.45. The fourth-order valence-electron chi connectivity index (χ4n) is 3.24. The van der Waals surface area contributed by atoms with Crippen LogP contribution in [0.3, 0.4) is 0 Å². The van der Waals surface area contributed by atoms with Gasteiger partial charge in [0.05, 0.1) is 0 Å². The molecule has 2 amide bonds. The molecule has 0 bridgehead atoms. The van der Waals surface area contributed by atoms with Crippen LogP contribution in [-0.2, 0) is 9.53 Å². The molecule has 2 fully saturated rings. The van der Waals surface area contributed by atoms with Crippen LogP contribution in [0.15, 0.2) is 0 Å². The number of nitrogens with zero attached hydrogens (tertiary/aromatic N) is 2. The molecular weight excluding hydrogens is 294 g/mol. The van der Waals surface area contributed by atoms with Crippen LogP contribution in [0.5, 0.6) is 0 Å². The van der Waals surface area contributed by atoms with Crippen LogP contribution < -0.4 is 5.32 Å². The molecule has 23 heavy (non-hydrogen) atoms. The zero-order chi connectivity index (χ0) is 17.4. The smallest absolute Gasteiger partial charge is 0.410 e. The predicted octanol–water partition coefficient (Wildman–Crippen LogP) is 1.84. The molecule has 2 atom stereocenters. The van der Waals surface area contributed by atoms with Crippen LogP contribution in [0.25, 0.3) is 0 Å². The molecule has 0 unspecified atom stereocenters. The maximum atomic E-state index is 12.4. The quantitative estimate of drug-likeness (QED) is 0.841. The van der Waals surface area contributed by atoms with Gasteiger partial charge in [0.2, 0.25) is 5.91 Å². The summed E-state index contributed by atoms with van der Waals surface area (Å²) in [6.07, 6.45) is 0.330. The first-order chi connectivity index (χ1) is 10.5. The zero-order valence-electron chi connectivity index (χ0n) is 15.3. The van der Waals surface area contributed by atoms with Crippen molar-refractivity contribution in [2.45, 2.75) is 65.6 Å². The van der Waals surface area contributed by atoms with Gasteiger partial charge in [-0.1, -0.05) is 13.8 Å². The Hall–Kier alpha value is -1.30. The Morgan fingerprint density at radius 3 is 2.57 bits per heavy atom. The molecule has 0 aliphatic carbocycles. The fraction of sp³-hybridized carbons (Fsp3) is 0.882. The summed E-state index contributed by atoms with van der Waals surface area (Å²) in [4.78, 5) is 28.2. The van der Waals surface area contributed by atoms with Gasteiger partial charge in [0, 0.05) is 44.7 Å². The summed E-state index contributed by atoms with van der Waals surface area (Å²) in [6, 6.07) is 0.184. The number of carbonyl (C=O) groups is 2. The summed E-state index contributed by atoms with van der Waals surface area (Å²) in [5.74, 6) is 0.208. The third-order valence-corrected chi connectivity index (χ3v) is 4.32. The van der Waals surface area contributed by atoms with Crippen molar-refractivity contribution >= 4 is 12.0 Å². The van der Waals surface area contributed by atoms with E-state index in [0.717, 1.165) is 13.1 Å². The summed E-state index contributed by atoms with van der Waals surface area (Å²) >= 11 is 0. The third kappa shape index (κ3) is 4.83. The average Bonchev–Trinajstić information content (AvgIpc) is 2.62. The Balaban J connectivity index is 1.95. The molecule has 2 aliphatic heterocycles. The molecule has 2 aliphatic rings. The number of amides is 2. The maximum absolute atomic E-state index is 12.4. The molecule has 0 saturated carbocycles. The lowest BCUT2D eigenvalue weighted by atomic mass is 9.93. The van der Waals surface area contributed by atoms with E-state index in [1.54, 1.807) is 4.90 Å². The van der Waals surface area contributed by atoms with E-state index in [1.807, 2.05) is 32.6 Å². The number of rotatable bonds is 2. The Kier molecular flexibility index (Phi) is 4.95. The molecular formula is C17H31N3O3. The summed E-state index contributed by atoms with van der Waals surface area (Å²) < 4.78 is 5.50. The van der Waals surface area contributed by atoms with Gasteiger partial charge < -0.3 is 19.9 Å². The molecule has 0 radical (unpaired) electrons. The van der Waals surface area contributed by atoms with Crippen molar-refractivity contribution in [2.24, 2.45) is 5.41 Å². The molecule has 2 saturated heterocycles. The predicted molar refractivity (Wildman–Crippen MR) is 89.2 cm³/mol. The van der Waals surface area contributed by atoms with Gasteiger partial charge in [0.25, 0.3) is 0 Å². The highest BCUT2D eigenvalue weighted by molar-refractivity contribution is 5.79. The average molecular weight is 325 g/mol. The number of nitrogens with one attached hydrogen (secondary N) is 1. The lowest BCUT2D eigenvalue weighted by Crippen LogP contribution is -2.60. The van der Waals surface area contributed by atoms with Crippen molar-refractivity contribution < 1.29 is 14.3 Å². The molecule has 2 heterocycles. The van der Waals surface area contributed by atoms with Gasteiger partial charge in [0.15, 0.2) is 0 Å². The first-order valence-corrected chi connectivity index (χ1v) is 8.48. The van der Waals surface area contributed by atoms with Crippen LogP contribution in [0.1, 0.15) is 48.0 Å². The molecule has 0 aromatic heterocycles. The molecule has 0 spiro atoms. The van der Waals surface area contributed by atoms with Crippen molar-refractivity contribution in [1.29, 1.82) is 0 Å². The summed E-state index contributed by atoms with van der Waals surface area (Å²) in [7, 11) is 0. The first-order valence-electron chi connectivity index (χ1n) is 8.48. The van der Waals surface area contributed by atoms with E-state index >= 15 is 0 Å². The zero-order valence-corrected chi connectivity index (χ0v) is 15.3. The maximum Gasteiger partial charge on any atom is 0.410 e. The van der Waals surface area contributed by atoms with E-state index in [-0.39, 0.29) is 29.5 Å². The Morgan fingerprint density at radius 1 is 1.39 bits per heavy atom. The molecule has 6 nitrogen and oxygen atoms in total. The van der Waals surface area contributed by atoms with E-state index in [4.69, 9.17) is 4.74 Å². The van der Waals surface area contributed by atoms with Crippen molar-refractivity contribution in [3.63, 3.8) is 0 Å². The lowest BCUT2D eigenvalue weighted by molar-refractivity contribution is -0.128. The highest BCUT2D eigenvalue weighted by Gasteiger charge is 2.38. The van der Waals surface area contributed by atoms with Crippen molar-refractivity contribution in [2.75, 3.05) is 26.2 Å². The fourth-order valence-corrected chi connectivity index (χ4v) is 3.24. The highest BCUT2D eigenvalue weighted by Crippen LogP contribution is 2.30. The monoisotopic (exact) mass is 325 g/mol. The number of likely N-dealkylation sites (tertiary alicyclic amines) is 1. The number of hydrogen-bond donors (Lipinski definition) is 1. The standard InChI is InChI=1S/C17H31N3O3/c1-12-8-18-13(9-19-11-17(5,6)7-14(19)21)10-20(12)15(22)23-16(2,3)4/h12-13,18H,7-11H2,1-6H3/t12-,13+/m1/s1. The Morgan fingerprint density at radius 2 is 2.04 bits per heavy atom. The van der Waals surface area contributed by atoms with E-state index in [2.05, 4.69) is 19.2 Å². The van der Waals surface area contributed by atoms with Gasteiger partial charge in [-0.25, -0.2) is 4.79 Å². The van der Waals surface area contributed by atoms with E-state index in [0.29, 0.717) is 19.5 Å².